The van der Waals surface area contributed by atoms with Crippen LogP contribution in [-0.2, 0) is 7.05 Å². The van der Waals surface area contributed by atoms with Crippen molar-refractivity contribution in [2.75, 3.05) is 11.9 Å². The first-order valence-electron chi connectivity index (χ1n) is 11.4. The highest BCUT2D eigenvalue weighted by Crippen LogP contribution is 2.36. The van der Waals surface area contributed by atoms with Gasteiger partial charge in [0.2, 0.25) is 0 Å². The molecular weight excluding hydrogens is 447 g/mol. The third-order valence-electron chi connectivity index (χ3n) is 6.67. The maximum absolute atomic E-state index is 13.1. The molecule has 0 aliphatic carbocycles. The first kappa shape index (κ1) is 22.6. The van der Waals surface area contributed by atoms with Crippen LogP contribution in [0.25, 0.3) is 22.0 Å². The zero-order valence-corrected chi connectivity index (χ0v) is 18.7. The number of fused-ring (bicyclic) bond motifs is 3. The van der Waals surface area contributed by atoms with Crippen LogP contribution in [0.5, 0.6) is 0 Å². The molecule has 5 rings (SSSR count). The Morgan fingerprint density at radius 1 is 1.12 bits per heavy atom. The molecule has 0 spiro atoms. The maximum Gasteiger partial charge on any atom is 0.390 e. The van der Waals surface area contributed by atoms with Gasteiger partial charge in [0.1, 0.15) is 0 Å². The Balaban J connectivity index is 1.25. The van der Waals surface area contributed by atoms with E-state index in [9.17, 15) is 18.0 Å². The summed E-state index contributed by atoms with van der Waals surface area (Å²) < 4.78 is 39.1. The fraction of sp³-hybridized carbons (Fsp3) is 0.478. The van der Waals surface area contributed by atoms with Crippen molar-refractivity contribution in [3.8, 4) is 11.1 Å². The summed E-state index contributed by atoms with van der Waals surface area (Å²) in [5, 5.41) is 19.3. The minimum absolute atomic E-state index is 0.00439. The third-order valence-corrected chi connectivity index (χ3v) is 6.67. The third kappa shape index (κ3) is 4.84. The van der Waals surface area contributed by atoms with Gasteiger partial charge in [-0.05, 0) is 49.4 Å². The molecule has 0 saturated carbocycles. The van der Waals surface area contributed by atoms with Crippen molar-refractivity contribution in [2.45, 2.75) is 56.4 Å². The summed E-state index contributed by atoms with van der Waals surface area (Å²) in [5.41, 5.74) is 2.69. The number of nitrogens with one attached hydrogen (secondary N) is 2. The molecule has 2 N–H and O–H groups in total. The zero-order chi connectivity index (χ0) is 23.9. The number of hydrogen-bond donors (Lipinski definition) is 2. The van der Waals surface area contributed by atoms with Crippen LogP contribution in [0.2, 0.25) is 0 Å². The van der Waals surface area contributed by atoms with Crippen molar-refractivity contribution in [3.63, 3.8) is 0 Å². The second kappa shape index (κ2) is 8.86. The molecule has 1 aromatic carbocycles. The molecule has 2 aliphatic heterocycles. The molecule has 8 nitrogen and oxygen atoms in total. The minimum Gasteiger partial charge on any atom is -0.318 e. The molecule has 4 heterocycles. The van der Waals surface area contributed by atoms with Crippen LogP contribution in [-0.4, -0.2) is 61.8 Å². The Morgan fingerprint density at radius 3 is 2.56 bits per heavy atom. The standard InChI is InChI=1S/C23H26F3N7O/c1-32-13-16(12-28-32)14-2-5-20-15(8-14)9-21(31-30-20)29-22(34)33-18-3-4-19(33)11-17(10-18)27-7-6-23(24,25)26/h2,5,8-9,12-13,17-19,27H,3-4,6-7,10-11H2,1H3,(H,29,31,34)/t17-,18-,19+. The second-order valence-corrected chi connectivity index (χ2v) is 9.12. The number of aryl methyl sites for hydroxylation is 1. The lowest BCUT2D eigenvalue weighted by Gasteiger charge is -2.39. The highest BCUT2D eigenvalue weighted by atomic mass is 19.4. The van der Waals surface area contributed by atoms with Crippen molar-refractivity contribution in [1.82, 2.24) is 30.2 Å². The largest absolute Gasteiger partial charge is 0.390 e. The van der Waals surface area contributed by atoms with Gasteiger partial charge in [-0.15, -0.1) is 10.2 Å². The lowest BCUT2D eigenvalue weighted by atomic mass is 9.97. The van der Waals surface area contributed by atoms with E-state index in [0.717, 1.165) is 34.9 Å². The summed E-state index contributed by atoms with van der Waals surface area (Å²) in [7, 11) is 1.86. The number of amides is 2. The van der Waals surface area contributed by atoms with Gasteiger partial charge in [-0.1, -0.05) is 6.07 Å². The number of anilines is 1. The molecule has 2 aromatic heterocycles. The van der Waals surface area contributed by atoms with Crippen molar-refractivity contribution in [1.29, 1.82) is 0 Å². The van der Waals surface area contributed by atoms with Crippen molar-refractivity contribution >= 4 is 22.8 Å². The molecule has 34 heavy (non-hydrogen) atoms. The SMILES string of the molecule is Cn1cc(-c2ccc3nnc(NC(=O)N4[C@@H]5CC[C@H]4C[C@H](NCCC(F)(F)F)C5)cc3c2)cn1. The predicted octanol–water partition coefficient (Wildman–Crippen LogP) is 4.10. The Morgan fingerprint density at radius 2 is 1.88 bits per heavy atom. The van der Waals surface area contributed by atoms with Gasteiger partial charge in [0.15, 0.2) is 5.82 Å². The van der Waals surface area contributed by atoms with Gasteiger partial charge in [0.05, 0.1) is 18.1 Å². The van der Waals surface area contributed by atoms with Crippen LogP contribution in [0.4, 0.5) is 23.8 Å². The second-order valence-electron chi connectivity index (χ2n) is 9.12. The number of halogens is 3. The van der Waals surface area contributed by atoms with Crippen molar-refractivity contribution in [3.05, 3.63) is 36.7 Å². The highest BCUT2D eigenvalue weighted by molar-refractivity contribution is 5.92. The molecule has 0 radical (unpaired) electrons. The average Bonchev–Trinajstić information content (AvgIpc) is 3.33. The lowest BCUT2D eigenvalue weighted by Crippen LogP contribution is -2.53. The number of piperidine rings is 1. The number of alkyl halides is 3. The summed E-state index contributed by atoms with van der Waals surface area (Å²) >= 11 is 0. The first-order valence-corrected chi connectivity index (χ1v) is 11.4. The molecule has 3 aromatic rings. The van der Waals surface area contributed by atoms with Crippen molar-refractivity contribution in [2.24, 2.45) is 7.05 Å². The van der Waals surface area contributed by atoms with Crippen LogP contribution in [0.3, 0.4) is 0 Å². The monoisotopic (exact) mass is 473 g/mol. The van der Waals surface area contributed by atoms with Gasteiger partial charge < -0.3 is 10.2 Å². The Hall–Kier alpha value is -3.21. The van der Waals surface area contributed by atoms with Crippen LogP contribution in [0.1, 0.15) is 32.1 Å². The highest BCUT2D eigenvalue weighted by Gasteiger charge is 2.43. The van der Waals surface area contributed by atoms with Crippen LogP contribution >= 0.6 is 0 Å². The minimum atomic E-state index is -4.16. The summed E-state index contributed by atoms with van der Waals surface area (Å²) in [5.74, 6) is 0.366. The normalized spacial score (nSPS) is 22.4. The predicted molar refractivity (Wildman–Crippen MR) is 121 cm³/mol. The summed E-state index contributed by atoms with van der Waals surface area (Å²) in [6, 6.07) is 7.39. The van der Waals surface area contributed by atoms with E-state index < -0.39 is 12.6 Å². The fourth-order valence-electron chi connectivity index (χ4n) is 5.12. The smallest absolute Gasteiger partial charge is 0.318 e. The van der Waals surface area contributed by atoms with Gasteiger partial charge in [-0.2, -0.15) is 18.3 Å². The van der Waals surface area contributed by atoms with E-state index in [1.54, 1.807) is 16.9 Å². The van der Waals surface area contributed by atoms with E-state index in [0.29, 0.717) is 18.7 Å². The number of rotatable bonds is 5. The molecule has 3 atom stereocenters. The van der Waals surface area contributed by atoms with Crippen LogP contribution < -0.4 is 10.6 Å². The molecule has 180 valence electrons. The molecule has 0 unspecified atom stereocenters. The van der Waals surface area contributed by atoms with E-state index in [1.807, 2.05) is 36.3 Å². The number of aromatic nitrogens is 4. The van der Waals surface area contributed by atoms with Gasteiger partial charge >= 0.3 is 12.2 Å². The van der Waals surface area contributed by atoms with Crippen molar-refractivity contribution < 1.29 is 18.0 Å². The molecule has 11 heteroatoms. The molecule has 2 aliphatic rings. The number of benzene rings is 1. The van der Waals surface area contributed by atoms with E-state index in [1.165, 1.54) is 0 Å². The Labute approximate surface area is 194 Å². The van der Waals surface area contributed by atoms with E-state index in [-0.39, 0.29) is 30.7 Å². The van der Waals surface area contributed by atoms with E-state index in [4.69, 9.17) is 0 Å². The van der Waals surface area contributed by atoms with Gasteiger partial charge in [0.25, 0.3) is 0 Å². The topological polar surface area (TPSA) is 88.0 Å². The summed E-state index contributed by atoms with van der Waals surface area (Å²) in [4.78, 5) is 14.9. The average molecular weight is 474 g/mol. The first-order chi connectivity index (χ1) is 16.2. The quantitative estimate of drug-likeness (QED) is 0.583. The zero-order valence-electron chi connectivity index (χ0n) is 18.7. The van der Waals surface area contributed by atoms with Crippen LogP contribution in [0, 0.1) is 0 Å². The molecule has 2 amide bonds. The van der Waals surface area contributed by atoms with E-state index in [2.05, 4.69) is 25.9 Å². The number of nitrogens with zero attached hydrogens (tertiary/aromatic N) is 5. The fourth-order valence-corrected chi connectivity index (χ4v) is 5.12. The Kier molecular flexibility index (Phi) is 5.88. The number of carbonyl (C=O) groups is 1. The van der Waals surface area contributed by atoms with Gasteiger partial charge in [-0.25, -0.2) is 4.79 Å². The Bertz CT molecular complexity index is 1180. The van der Waals surface area contributed by atoms with Gasteiger partial charge in [0, 0.05) is 48.9 Å². The van der Waals surface area contributed by atoms with E-state index >= 15 is 0 Å². The summed E-state index contributed by atoms with van der Waals surface area (Å²) in [6.45, 7) is -0.0898. The maximum atomic E-state index is 13.1. The van der Waals surface area contributed by atoms with Crippen LogP contribution in [0.15, 0.2) is 36.7 Å². The number of hydrogen-bond acceptors (Lipinski definition) is 5. The van der Waals surface area contributed by atoms with Gasteiger partial charge in [-0.3, -0.25) is 10.00 Å². The molecule has 2 saturated heterocycles. The summed E-state index contributed by atoms with van der Waals surface area (Å²) in [6.07, 6.45) is 1.73. The molecular formula is C23H26F3N7O. The molecule has 2 fully saturated rings. The molecule has 2 bridgehead atoms. The number of carbonyl (C=O) groups excluding carboxylic acids is 1. The number of urea groups is 1. The lowest BCUT2D eigenvalue weighted by molar-refractivity contribution is -0.133.